The van der Waals surface area contributed by atoms with Crippen molar-refractivity contribution >= 4 is 17.2 Å². The van der Waals surface area contributed by atoms with Gasteiger partial charge in [0.15, 0.2) is 5.79 Å². The Kier molecular flexibility index (Phi) is 4.80. The lowest BCUT2D eigenvalue weighted by molar-refractivity contribution is -0.187. The molecule has 22 heavy (non-hydrogen) atoms. The molecule has 2 aliphatic heterocycles. The van der Waals surface area contributed by atoms with E-state index in [9.17, 15) is 4.79 Å². The molecule has 0 bridgehead atoms. The van der Waals surface area contributed by atoms with Crippen molar-refractivity contribution in [3.8, 4) is 0 Å². The van der Waals surface area contributed by atoms with Gasteiger partial charge in [-0.2, -0.15) is 0 Å². The summed E-state index contributed by atoms with van der Waals surface area (Å²) in [6.45, 7) is 7.09. The quantitative estimate of drug-likeness (QED) is 0.854. The van der Waals surface area contributed by atoms with Gasteiger partial charge in [-0.15, -0.1) is 11.3 Å². The molecule has 2 saturated heterocycles. The van der Waals surface area contributed by atoms with Crippen LogP contribution in [-0.2, 0) is 20.7 Å². The van der Waals surface area contributed by atoms with E-state index in [1.807, 2.05) is 4.90 Å². The molecular formula is C16H24N2O3S. The fraction of sp³-hybridized carbons (Fsp3) is 0.750. The number of ether oxygens (including phenoxy) is 2. The number of aryl methyl sites for hydroxylation is 1. The number of amides is 1. The summed E-state index contributed by atoms with van der Waals surface area (Å²) >= 11 is 1.66. The lowest BCUT2D eigenvalue weighted by atomic mass is 10.0. The number of hydrogen-bond acceptors (Lipinski definition) is 5. The van der Waals surface area contributed by atoms with Gasteiger partial charge in [0.1, 0.15) is 0 Å². The summed E-state index contributed by atoms with van der Waals surface area (Å²) in [6, 6.07) is 0. The number of thiazole rings is 1. The Labute approximate surface area is 135 Å². The number of piperidine rings is 1. The molecular weight excluding hydrogens is 300 g/mol. The zero-order valence-electron chi connectivity index (χ0n) is 13.3. The number of rotatable bonds is 4. The van der Waals surface area contributed by atoms with Crippen LogP contribution in [0.25, 0.3) is 0 Å². The number of likely N-dealkylation sites (tertiary alicyclic amines) is 1. The van der Waals surface area contributed by atoms with Crippen molar-refractivity contribution in [3.05, 3.63) is 16.1 Å². The SMILES string of the molecule is CC(C)c1csc(CCC(=O)N2CCC3(CC2)OCCO3)n1. The van der Waals surface area contributed by atoms with Gasteiger partial charge in [-0.1, -0.05) is 13.8 Å². The molecule has 1 spiro atoms. The molecule has 122 valence electrons. The number of nitrogens with zero attached hydrogens (tertiary/aromatic N) is 2. The minimum absolute atomic E-state index is 0.217. The third-order valence-corrected chi connectivity index (χ3v) is 5.33. The van der Waals surface area contributed by atoms with Gasteiger partial charge < -0.3 is 14.4 Å². The maximum Gasteiger partial charge on any atom is 0.222 e. The minimum Gasteiger partial charge on any atom is -0.347 e. The van der Waals surface area contributed by atoms with Crippen molar-refractivity contribution in [2.45, 2.75) is 51.2 Å². The maximum atomic E-state index is 12.3. The molecule has 0 saturated carbocycles. The Morgan fingerprint density at radius 2 is 2.05 bits per heavy atom. The second kappa shape index (κ2) is 6.64. The second-order valence-electron chi connectivity index (χ2n) is 6.31. The number of aromatic nitrogens is 1. The molecule has 1 amide bonds. The van der Waals surface area contributed by atoms with Crippen LogP contribution in [0.4, 0.5) is 0 Å². The number of hydrogen-bond donors (Lipinski definition) is 0. The first kappa shape index (κ1) is 15.9. The first-order valence-electron chi connectivity index (χ1n) is 8.08. The van der Waals surface area contributed by atoms with Gasteiger partial charge in [0.2, 0.25) is 5.91 Å². The van der Waals surface area contributed by atoms with Gasteiger partial charge in [-0.05, 0) is 5.92 Å². The van der Waals surface area contributed by atoms with E-state index in [1.54, 1.807) is 11.3 Å². The Hall–Kier alpha value is -0.980. The van der Waals surface area contributed by atoms with E-state index in [0.29, 0.717) is 25.6 Å². The molecule has 5 nitrogen and oxygen atoms in total. The van der Waals surface area contributed by atoms with Crippen LogP contribution < -0.4 is 0 Å². The highest BCUT2D eigenvalue weighted by Gasteiger charge is 2.40. The molecule has 6 heteroatoms. The van der Waals surface area contributed by atoms with Gasteiger partial charge in [0.05, 0.1) is 23.9 Å². The predicted molar refractivity (Wildman–Crippen MR) is 85.0 cm³/mol. The van der Waals surface area contributed by atoms with Gasteiger partial charge in [-0.3, -0.25) is 4.79 Å². The van der Waals surface area contributed by atoms with E-state index >= 15 is 0 Å². The normalized spacial score (nSPS) is 21.0. The average Bonchev–Trinajstić information content (AvgIpc) is 3.15. The van der Waals surface area contributed by atoms with Crippen molar-refractivity contribution in [3.63, 3.8) is 0 Å². The summed E-state index contributed by atoms with van der Waals surface area (Å²) in [6.07, 6.45) is 2.85. The highest BCUT2D eigenvalue weighted by atomic mass is 32.1. The Morgan fingerprint density at radius 3 is 2.64 bits per heavy atom. The Bertz CT molecular complexity index is 513. The predicted octanol–water partition coefficient (Wildman–Crippen LogP) is 2.56. The topological polar surface area (TPSA) is 51.7 Å². The molecule has 2 aliphatic rings. The van der Waals surface area contributed by atoms with Crippen LogP contribution in [0.3, 0.4) is 0 Å². The van der Waals surface area contributed by atoms with Gasteiger partial charge in [0.25, 0.3) is 0 Å². The van der Waals surface area contributed by atoms with Gasteiger partial charge in [-0.25, -0.2) is 4.98 Å². The van der Waals surface area contributed by atoms with Crippen molar-refractivity contribution in [1.29, 1.82) is 0 Å². The Morgan fingerprint density at radius 1 is 1.36 bits per heavy atom. The van der Waals surface area contributed by atoms with E-state index < -0.39 is 5.79 Å². The highest BCUT2D eigenvalue weighted by Crippen LogP contribution is 2.31. The first-order chi connectivity index (χ1) is 10.6. The maximum absolute atomic E-state index is 12.3. The largest absolute Gasteiger partial charge is 0.347 e. The molecule has 0 unspecified atom stereocenters. The van der Waals surface area contributed by atoms with Crippen LogP contribution in [0.5, 0.6) is 0 Å². The lowest BCUT2D eigenvalue weighted by Crippen LogP contribution is -2.47. The summed E-state index contributed by atoms with van der Waals surface area (Å²) in [7, 11) is 0. The molecule has 1 aromatic heterocycles. The monoisotopic (exact) mass is 324 g/mol. The van der Waals surface area contributed by atoms with Crippen LogP contribution in [0, 0.1) is 0 Å². The molecule has 3 rings (SSSR count). The number of carbonyl (C=O) groups is 1. The third-order valence-electron chi connectivity index (χ3n) is 4.41. The standard InChI is InChI=1S/C16H24N2O3S/c1-12(2)13-11-22-14(17-13)3-4-15(19)18-7-5-16(6-8-18)20-9-10-21-16/h11-12H,3-10H2,1-2H3. The highest BCUT2D eigenvalue weighted by molar-refractivity contribution is 7.09. The lowest BCUT2D eigenvalue weighted by Gasteiger charge is -2.37. The molecule has 0 aliphatic carbocycles. The summed E-state index contributed by atoms with van der Waals surface area (Å²) in [5.41, 5.74) is 1.13. The van der Waals surface area contributed by atoms with E-state index in [1.165, 1.54) is 0 Å². The Balaban J connectivity index is 1.46. The molecule has 3 heterocycles. The van der Waals surface area contributed by atoms with Crippen LogP contribution in [0.1, 0.15) is 49.7 Å². The van der Waals surface area contributed by atoms with Gasteiger partial charge >= 0.3 is 0 Å². The van der Waals surface area contributed by atoms with E-state index in [2.05, 4.69) is 24.2 Å². The van der Waals surface area contributed by atoms with Gasteiger partial charge in [0, 0.05) is 44.2 Å². The van der Waals surface area contributed by atoms with E-state index in [0.717, 1.165) is 43.1 Å². The van der Waals surface area contributed by atoms with Crippen LogP contribution in [0.2, 0.25) is 0 Å². The minimum atomic E-state index is -0.405. The van der Waals surface area contributed by atoms with Crippen LogP contribution >= 0.6 is 11.3 Å². The molecule has 0 N–H and O–H groups in total. The summed E-state index contributed by atoms with van der Waals surface area (Å²) in [5.74, 6) is 0.262. The zero-order valence-corrected chi connectivity index (χ0v) is 14.2. The molecule has 0 aromatic carbocycles. The first-order valence-corrected chi connectivity index (χ1v) is 8.96. The van der Waals surface area contributed by atoms with Crippen molar-refractivity contribution in [1.82, 2.24) is 9.88 Å². The molecule has 0 radical (unpaired) electrons. The third kappa shape index (κ3) is 3.50. The van der Waals surface area contributed by atoms with Crippen molar-refractivity contribution in [2.24, 2.45) is 0 Å². The molecule has 0 atom stereocenters. The van der Waals surface area contributed by atoms with Crippen molar-refractivity contribution < 1.29 is 14.3 Å². The smallest absolute Gasteiger partial charge is 0.222 e. The van der Waals surface area contributed by atoms with E-state index in [4.69, 9.17) is 9.47 Å². The van der Waals surface area contributed by atoms with E-state index in [-0.39, 0.29) is 5.91 Å². The van der Waals surface area contributed by atoms with Crippen LogP contribution in [0.15, 0.2) is 5.38 Å². The van der Waals surface area contributed by atoms with Crippen LogP contribution in [-0.4, -0.2) is 47.9 Å². The molecule has 2 fully saturated rings. The second-order valence-corrected chi connectivity index (χ2v) is 7.25. The summed E-state index contributed by atoms with van der Waals surface area (Å²) in [5, 5.41) is 3.16. The fourth-order valence-corrected chi connectivity index (χ4v) is 3.92. The fourth-order valence-electron chi connectivity index (χ4n) is 2.96. The molecule has 1 aromatic rings. The zero-order chi connectivity index (χ0) is 15.6. The average molecular weight is 324 g/mol. The number of carbonyl (C=O) groups excluding carboxylic acids is 1. The summed E-state index contributed by atoms with van der Waals surface area (Å²) in [4.78, 5) is 18.9. The summed E-state index contributed by atoms with van der Waals surface area (Å²) < 4.78 is 11.4. The van der Waals surface area contributed by atoms with Crippen molar-refractivity contribution in [2.75, 3.05) is 26.3 Å².